The second kappa shape index (κ2) is 4.20. The molecule has 0 aliphatic heterocycles. The Morgan fingerprint density at radius 3 is 2.69 bits per heavy atom. The van der Waals surface area contributed by atoms with Crippen molar-refractivity contribution < 1.29 is 0 Å². The zero-order valence-electron chi connectivity index (χ0n) is 8.85. The summed E-state index contributed by atoms with van der Waals surface area (Å²) in [6.07, 6.45) is 1.16. The lowest BCUT2D eigenvalue weighted by Gasteiger charge is -2.23. The van der Waals surface area contributed by atoms with Crippen LogP contribution in [0.25, 0.3) is 0 Å². The van der Waals surface area contributed by atoms with Gasteiger partial charge < -0.3 is 5.32 Å². The quantitative estimate of drug-likeness (QED) is 0.804. The van der Waals surface area contributed by atoms with E-state index in [1.165, 1.54) is 5.01 Å². The first kappa shape index (κ1) is 10.7. The summed E-state index contributed by atoms with van der Waals surface area (Å²) >= 11 is 1.73. The fourth-order valence-electron chi connectivity index (χ4n) is 1.15. The molecule has 2 nitrogen and oxygen atoms in total. The van der Waals surface area contributed by atoms with Crippen molar-refractivity contribution in [3.63, 3.8) is 0 Å². The summed E-state index contributed by atoms with van der Waals surface area (Å²) in [4.78, 5) is 4.49. The molecule has 0 amide bonds. The third-order valence-corrected chi connectivity index (χ3v) is 3.25. The van der Waals surface area contributed by atoms with Gasteiger partial charge in [0, 0.05) is 11.1 Å². The van der Waals surface area contributed by atoms with Crippen LogP contribution in [-0.2, 0) is 5.54 Å². The van der Waals surface area contributed by atoms with Crippen molar-refractivity contribution in [1.29, 1.82) is 0 Å². The average molecular weight is 198 g/mol. The molecule has 0 atom stereocenters. The molecule has 1 rings (SSSR count). The van der Waals surface area contributed by atoms with Crippen molar-refractivity contribution in [1.82, 2.24) is 10.3 Å². The second-order valence-electron chi connectivity index (χ2n) is 3.85. The highest BCUT2D eigenvalue weighted by molar-refractivity contribution is 7.09. The van der Waals surface area contributed by atoms with Gasteiger partial charge in [-0.3, -0.25) is 0 Å². The highest BCUT2D eigenvalue weighted by Gasteiger charge is 2.22. The van der Waals surface area contributed by atoms with Gasteiger partial charge in [0.1, 0.15) is 5.01 Å². The largest absolute Gasteiger partial charge is 0.306 e. The molecule has 1 aromatic heterocycles. The summed E-state index contributed by atoms with van der Waals surface area (Å²) in [7, 11) is 0. The van der Waals surface area contributed by atoms with Crippen LogP contribution in [0.1, 0.15) is 37.9 Å². The van der Waals surface area contributed by atoms with Crippen LogP contribution in [-0.4, -0.2) is 11.5 Å². The van der Waals surface area contributed by atoms with Crippen LogP contribution in [0.2, 0.25) is 0 Å². The van der Waals surface area contributed by atoms with Crippen LogP contribution in [0.3, 0.4) is 0 Å². The van der Waals surface area contributed by atoms with Crippen LogP contribution in [0.5, 0.6) is 0 Å². The number of thiazole rings is 1. The number of rotatable bonds is 4. The smallest absolute Gasteiger partial charge is 0.112 e. The summed E-state index contributed by atoms with van der Waals surface area (Å²) in [5.41, 5.74) is 1.14. The molecule has 0 bridgehead atoms. The highest BCUT2D eigenvalue weighted by Crippen LogP contribution is 2.23. The molecule has 13 heavy (non-hydrogen) atoms. The summed E-state index contributed by atoms with van der Waals surface area (Å²) < 4.78 is 0. The number of hydrogen-bond donors (Lipinski definition) is 1. The molecule has 0 unspecified atom stereocenters. The van der Waals surface area contributed by atoms with Gasteiger partial charge in [-0.25, -0.2) is 4.98 Å². The molecule has 3 heteroatoms. The third-order valence-electron chi connectivity index (χ3n) is 1.97. The van der Waals surface area contributed by atoms with Crippen molar-refractivity contribution >= 4 is 11.3 Å². The number of aryl methyl sites for hydroxylation is 1. The molecule has 0 saturated carbocycles. The van der Waals surface area contributed by atoms with Gasteiger partial charge in [0.25, 0.3) is 0 Å². The molecule has 0 spiro atoms. The minimum absolute atomic E-state index is 0.0228. The predicted octanol–water partition coefficient (Wildman–Crippen LogP) is 2.69. The Morgan fingerprint density at radius 1 is 1.54 bits per heavy atom. The van der Waals surface area contributed by atoms with E-state index in [4.69, 9.17) is 0 Å². The fourth-order valence-corrected chi connectivity index (χ4v) is 2.05. The van der Waals surface area contributed by atoms with Crippen LogP contribution >= 0.6 is 11.3 Å². The first-order chi connectivity index (χ1) is 6.06. The fraction of sp³-hybridized carbons (Fsp3) is 0.700. The monoisotopic (exact) mass is 198 g/mol. The molecule has 0 saturated heterocycles. The zero-order valence-corrected chi connectivity index (χ0v) is 9.66. The van der Waals surface area contributed by atoms with Crippen LogP contribution < -0.4 is 5.32 Å². The zero-order chi connectivity index (χ0) is 9.90. The van der Waals surface area contributed by atoms with Gasteiger partial charge in [0.05, 0.1) is 5.54 Å². The van der Waals surface area contributed by atoms with E-state index in [9.17, 15) is 0 Å². The Hall–Kier alpha value is -0.410. The molecule has 0 radical (unpaired) electrons. The molecule has 74 valence electrons. The Kier molecular flexibility index (Phi) is 3.45. The van der Waals surface area contributed by atoms with Gasteiger partial charge in [-0.15, -0.1) is 11.3 Å². The van der Waals surface area contributed by atoms with Gasteiger partial charge in [0.2, 0.25) is 0 Å². The SMILES string of the molecule is CCCNC(C)(C)c1nc(C)cs1. The molecular formula is C10H18N2S. The van der Waals surface area contributed by atoms with E-state index in [1.807, 2.05) is 6.92 Å². The normalized spacial score (nSPS) is 12.0. The number of nitrogens with zero attached hydrogens (tertiary/aromatic N) is 1. The molecular weight excluding hydrogens is 180 g/mol. The Morgan fingerprint density at radius 2 is 2.23 bits per heavy atom. The third kappa shape index (κ3) is 2.78. The minimum Gasteiger partial charge on any atom is -0.306 e. The Bertz CT molecular complexity index is 266. The van der Waals surface area contributed by atoms with Gasteiger partial charge >= 0.3 is 0 Å². The van der Waals surface area contributed by atoms with Crippen molar-refractivity contribution in [2.24, 2.45) is 0 Å². The van der Waals surface area contributed by atoms with Gasteiger partial charge in [-0.2, -0.15) is 0 Å². The lowest BCUT2D eigenvalue weighted by Crippen LogP contribution is -2.36. The van der Waals surface area contributed by atoms with Crippen LogP contribution in [0.4, 0.5) is 0 Å². The van der Waals surface area contributed by atoms with E-state index in [-0.39, 0.29) is 5.54 Å². The summed E-state index contributed by atoms with van der Waals surface area (Å²) in [6.45, 7) is 9.62. The topological polar surface area (TPSA) is 24.9 Å². The van der Waals surface area contributed by atoms with Gasteiger partial charge in [-0.1, -0.05) is 6.92 Å². The lowest BCUT2D eigenvalue weighted by molar-refractivity contribution is 0.402. The summed E-state index contributed by atoms with van der Waals surface area (Å²) in [6, 6.07) is 0. The van der Waals surface area contributed by atoms with Crippen molar-refractivity contribution in [2.75, 3.05) is 6.54 Å². The molecule has 1 heterocycles. The maximum absolute atomic E-state index is 4.49. The molecule has 1 N–H and O–H groups in total. The van der Waals surface area contributed by atoms with E-state index >= 15 is 0 Å². The van der Waals surface area contributed by atoms with Crippen LogP contribution in [0, 0.1) is 6.92 Å². The maximum Gasteiger partial charge on any atom is 0.112 e. The van der Waals surface area contributed by atoms with E-state index < -0.39 is 0 Å². The van der Waals surface area contributed by atoms with Crippen molar-refractivity contribution in [3.05, 3.63) is 16.1 Å². The van der Waals surface area contributed by atoms with Gasteiger partial charge in [-0.05, 0) is 33.7 Å². The number of nitrogens with one attached hydrogen (secondary N) is 1. The van der Waals surface area contributed by atoms with Gasteiger partial charge in [0.15, 0.2) is 0 Å². The lowest BCUT2D eigenvalue weighted by atomic mass is 10.1. The van der Waals surface area contributed by atoms with Crippen molar-refractivity contribution in [2.45, 2.75) is 39.7 Å². The standard InChI is InChI=1S/C10H18N2S/c1-5-6-11-10(3,4)9-12-8(2)7-13-9/h7,11H,5-6H2,1-4H3. The average Bonchev–Trinajstić information content (AvgIpc) is 2.49. The van der Waals surface area contributed by atoms with E-state index in [1.54, 1.807) is 11.3 Å². The summed E-state index contributed by atoms with van der Waals surface area (Å²) in [5.74, 6) is 0. The second-order valence-corrected chi connectivity index (χ2v) is 4.70. The maximum atomic E-state index is 4.49. The van der Waals surface area contributed by atoms with Crippen LogP contribution in [0.15, 0.2) is 5.38 Å². The van der Waals surface area contributed by atoms with E-state index in [2.05, 4.69) is 36.5 Å². The first-order valence-electron chi connectivity index (χ1n) is 4.74. The van der Waals surface area contributed by atoms with E-state index in [0.717, 1.165) is 18.7 Å². The molecule has 0 aromatic carbocycles. The molecule has 0 aliphatic rings. The molecule has 0 fully saturated rings. The highest BCUT2D eigenvalue weighted by atomic mass is 32.1. The van der Waals surface area contributed by atoms with E-state index in [0.29, 0.717) is 0 Å². The Labute approximate surface area is 84.4 Å². The molecule has 0 aliphatic carbocycles. The van der Waals surface area contributed by atoms with Crippen molar-refractivity contribution in [3.8, 4) is 0 Å². The number of aromatic nitrogens is 1. The molecule has 1 aromatic rings. The minimum atomic E-state index is 0.0228. The predicted molar refractivity (Wildman–Crippen MR) is 58.2 cm³/mol. The number of hydrogen-bond acceptors (Lipinski definition) is 3. The summed E-state index contributed by atoms with van der Waals surface area (Å²) in [5, 5.41) is 6.77. The Balaban J connectivity index is 2.68. The first-order valence-corrected chi connectivity index (χ1v) is 5.62.